The Bertz CT molecular complexity index is 925. The van der Waals surface area contributed by atoms with E-state index in [1.165, 1.54) is 6.92 Å². The van der Waals surface area contributed by atoms with Crippen LogP contribution in [0.1, 0.15) is 48.1 Å². The van der Waals surface area contributed by atoms with Gasteiger partial charge in [0.25, 0.3) is 0 Å². The van der Waals surface area contributed by atoms with Gasteiger partial charge in [-0.05, 0) is 49.1 Å². The average Bonchev–Trinajstić information content (AvgIpc) is 2.77. The molecule has 172 valence electrons. The minimum Gasteiger partial charge on any atom is -0.372 e. The van der Waals surface area contributed by atoms with E-state index >= 15 is 0 Å². The van der Waals surface area contributed by atoms with E-state index in [9.17, 15) is 31.6 Å². The van der Waals surface area contributed by atoms with Crippen LogP contribution in [0.15, 0.2) is 48.5 Å². The zero-order valence-corrected chi connectivity index (χ0v) is 17.2. The maximum Gasteiger partial charge on any atom is 0.416 e. The quantitative estimate of drug-likeness (QED) is 0.544. The van der Waals surface area contributed by atoms with Crippen molar-refractivity contribution in [2.45, 2.75) is 43.8 Å². The predicted molar refractivity (Wildman–Crippen MR) is 105 cm³/mol. The zero-order chi connectivity index (χ0) is 23.6. The number of benzene rings is 2. The number of ether oxygens (including phenoxy) is 1. The highest BCUT2D eigenvalue weighted by Gasteiger charge is 2.39. The summed E-state index contributed by atoms with van der Waals surface area (Å²) in [5.41, 5.74) is -2.77. The summed E-state index contributed by atoms with van der Waals surface area (Å²) in [7, 11) is 0. The summed E-state index contributed by atoms with van der Waals surface area (Å²) in [5, 5.41) is 12.5. The van der Waals surface area contributed by atoms with E-state index in [4.69, 9.17) is 4.74 Å². The van der Waals surface area contributed by atoms with E-state index in [2.05, 4.69) is 11.4 Å². The minimum atomic E-state index is -4.92. The number of alkyl halides is 6. The second kappa shape index (κ2) is 9.12. The normalized spacial score (nSPS) is 22.9. The van der Waals surface area contributed by atoms with Gasteiger partial charge >= 0.3 is 12.4 Å². The topological polar surface area (TPSA) is 45.0 Å². The predicted octanol–water partition coefficient (Wildman–Crippen LogP) is 6.22. The number of halogens is 6. The number of hydrogen-bond donors (Lipinski definition) is 1. The number of hydrogen-bond acceptors (Lipinski definition) is 3. The molecule has 3 rings (SSSR count). The maximum atomic E-state index is 13.2. The first-order chi connectivity index (χ1) is 14.9. The molecule has 3 nitrogen and oxygen atoms in total. The molecular weight excluding hydrogens is 434 g/mol. The lowest BCUT2D eigenvalue weighted by Crippen LogP contribution is -2.51. The van der Waals surface area contributed by atoms with Gasteiger partial charge in [-0.2, -0.15) is 31.6 Å². The summed E-state index contributed by atoms with van der Waals surface area (Å²) in [4.78, 5) is 0. The number of piperidine rings is 1. The van der Waals surface area contributed by atoms with Crippen molar-refractivity contribution in [3.05, 3.63) is 70.8 Å². The molecule has 0 spiro atoms. The lowest BCUT2D eigenvalue weighted by atomic mass is 9.80. The van der Waals surface area contributed by atoms with Gasteiger partial charge in [0, 0.05) is 6.54 Å². The van der Waals surface area contributed by atoms with Crippen molar-refractivity contribution in [3.8, 4) is 6.07 Å². The molecule has 0 radical (unpaired) electrons. The van der Waals surface area contributed by atoms with E-state index in [-0.39, 0.29) is 24.2 Å². The van der Waals surface area contributed by atoms with Crippen molar-refractivity contribution in [2.75, 3.05) is 13.2 Å². The van der Waals surface area contributed by atoms with Gasteiger partial charge in [-0.3, -0.25) is 0 Å². The maximum absolute atomic E-state index is 13.2. The monoisotopic (exact) mass is 456 g/mol. The first-order valence-electron chi connectivity index (χ1n) is 10.1. The Kier molecular flexibility index (Phi) is 6.86. The Morgan fingerprint density at radius 2 is 1.66 bits per heavy atom. The largest absolute Gasteiger partial charge is 0.416 e. The molecule has 1 aliphatic heterocycles. The van der Waals surface area contributed by atoms with Crippen LogP contribution in [0.5, 0.6) is 0 Å². The molecular formula is C23H22F6N2O. The van der Waals surface area contributed by atoms with E-state index in [0.29, 0.717) is 31.5 Å². The van der Waals surface area contributed by atoms with Crippen molar-refractivity contribution in [3.63, 3.8) is 0 Å². The van der Waals surface area contributed by atoms with Crippen LogP contribution in [-0.4, -0.2) is 13.2 Å². The van der Waals surface area contributed by atoms with Crippen molar-refractivity contribution in [1.82, 2.24) is 5.32 Å². The highest BCUT2D eigenvalue weighted by atomic mass is 19.4. The molecule has 0 amide bonds. The molecule has 0 bridgehead atoms. The molecule has 0 saturated carbocycles. The smallest absolute Gasteiger partial charge is 0.372 e. The van der Waals surface area contributed by atoms with Crippen LogP contribution < -0.4 is 5.32 Å². The van der Waals surface area contributed by atoms with Gasteiger partial charge in [0.1, 0.15) is 0 Å². The summed E-state index contributed by atoms with van der Waals surface area (Å²) in [5.74, 6) is -0.179. The minimum absolute atomic E-state index is 0.0218. The average molecular weight is 456 g/mol. The first kappa shape index (κ1) is 24.1. The van der Waals surface area contributed by atoms with Crippen LogP contribution in [-0.2, 0) is 22.6 Å². The highest BCUT2D eigenvalue weighted by Crippen LogP contribution is 2.39. The number of nitrogens with zero attached hydrogens (tertiary/aromatic N) is 1. The summed E-state index contributed by atoms with van der Waals surface area (Å²) in [6.45, 7) is 1.86. The second-order valence-corrected chi connectivity index (χ2v) is 7.99. The van der Waals surface area contributed by atoms with E-state index in [1.807, 2.05) is 30.3 Å². The summed E-state index contributed by atoms with van der Waals surface area (Å²) >= 11 is 0. The second-order valence-electron chi connectivity index (χ2n) is 7.99. The summed E-state index contributed by atoms with van der Waals surface area (Å²) in [6.07, 6.45) is -9.72. The number of rotatable bonds is 5. The summed E-state index contributed by atoms with van der Waals surface area (Å²) < 4.78 is 85.0. The fourth-order valence-corrected chi connectivity index (χ4v) is 3.83. The Labute approximate surface area is 182 Å². The number of nitrogens with one attached hydrogen (secondary N) is 1. The molecule has 2 aromatic rings. The van der Waals surface area contributed by atoms with Crippen LogP contribution in [0, 0.1) is 17.2 Å². The van der Waals surface area contributed by atoms with Gasteiger partial charge in [0.2, 0.25) is 0 Å². The van der Waals surface area contributed by atoms with Gasteiger partial charge < -0.3 is 10.1 Å². The van der Waals surface area contributed by atoms with Crippen molar-refractivity contribution >= 4 is 0 Å². The molecule has 2 aromatic carbocycles. The van der Waals surface area contributed by atoms with Gasteiger partial charge in [-0.15, -0.1) is 0 Å². The Morgan fingerprint density at radius 3 is 2.12 bits per heavy atom. The SMILES string of the molecule is C[C@@H](OC[C@@]1(c2ccccc2)CC[C@H](C#N)CN1)c1cc(C(F)(F)F)cc(C(F)(F)F)c1. The van der Waals surface area contributed by atoms with E-state index < -0.39 is 35.1 Å². The zero-order valence-electron chi connectivity index (χ0n) is 17.2. The third kappa shape index (κ3) is 5.43. The van der Waals surface area contributed by atoms with Crippen LogP contribution in [0.4, 0.5) is 26.3 Å². The molecule has 1 N–H and O–H groups in total. The van der Waals surface area contributed by atoms with Crippen molar-refractivity contribution in [2.24, 2.45) is 5.92 Å². The fourth-order valence-electron chi connectivity index (χ4n) is 3.83. The molecule has 1 heterocycles. The Hall–Kier alpha value is -2.57. The molecule has 0 aliphatic carbocycles. The van der Waals surface area contributed by atoms with Crippen molar-refractivity contribution in [1.29, 1.82) is 5.26 Å². The Morgan fingerprint density at radius 1 is 1.06 bits per heavy atom. The Balaban J connectivity index is 1.87. The highest BCUT2D eigenvalue weighted by molar-refractivity contribution is 5.35. The third-order valence-electron chi connectivity index (χ3n) is 5.77. The van der Waals surface area contributed by atoms with E-state index in [0.717, 1.165) is 5.56 Å². The van der Waals surface area contributed by atoms with Crippen LogP contribution >= 0.6 is 0 Å². The number of nitriles is 1. The molecule has 9 heteroatoms. The lowest BCUT2D eigenvalue weighted by Gasteiger charge is -2.41. The fraction of sp³-hybridized carbons (Fsp3) is 0.435. The van der Waals surface area contributed by atoms with E-state index in [1.54, 1.807) is 0 Å². The van der Waals surface area contributed by atoms with Gasteiger partial charge in [0.05, 0.1) is 41.4 Å². The standard InChI is InChI=1S/C23H22F6N2O/c1-15(17-9-19(22(24,25)26)11-20(10-17)23(27,28)29)32-14-21(18-5-3-2-4-6-18)8-7-16(12-30)13-31-21/h2-6,9-11,15-16,31H,7-8,13-14H2,1H3/t15-,16-,21-/m1/s1. The van der Waals surface area contributed by atoms with Crippen LogP contribution in [0.3, 0.4) is 0 Å². The van der Waals surface area contributed by atoms with Gasteiger partial charge in [-0.25, -0.2) is 0 Å². The van der Waals surface area contributed by atoms with Gasteiger partial charge in [0.15, 0.2) is 0 Å². The molecule has 1 saturated heterocycles. The first-order valence-corrected chi connectivity index (χ1v) is 10.1. The van der Waals surface area contributed by atoms with Crippen LogP contribution in [0.2, 0.25) is 0 Å². The van der Waals surface area contributed by atoms with Crippen LogP contribution in [0.25, 0.3) is 0 Å². The molecule has 0 aromatic heterocycles. The lowest BCUT2D eigenvalue weighted by molar-refractivity contribution is -0.143. The van der Waals surface area contributed by atoms with Gasteiger partial charge in [-0.1, -0.05) is 30.3 Å². The molecule has 3 atom stereocenters. The molecule has 1 aliphatic rings. The van der Waals surface area contributed by atoms with Crippen molar-refractivity contribution < 1.29 is 31.1 Å². The third-order valence-corrected chi connectivity index (χ3v) is 5.77. The summed E-state index contributed by atoms with van der Waals surface area (Å²) in [6, 6.07) is 12.9. The molecule has 32 heavy (non-hydrogen) atoms. The molecule has 1 fully saturated rings. The molecule has 0 unspecified atom stereocenters.